The van der Waals surface area contributed by atoms with Crippen molar-refractivity contribution < 1.29 is 9.36 Å². The molecule has 0 atom stereocenters. The molecule has 0 aliphatic rings. The van der Waals surface area contributed by atoms with E-state index >= 15 is 0 Å². The van der Waals surface area contributed by atoms with Gasteiger partial charge in [-0.1, -0.05) is 30.3 Å². The van der Waals surface area contributed by atoms with E-state index in [1.807, 2.05) is 31.2 Å². The summed E-state index contributed by atoms with van der Waals surface area (Å²) in [7, 11) is 0. The summed E-state index contributed by atoms with van der Waals surface area (Å²) in [6.07, 6.45) is 0.735. The zero-order chi connectivity index (χ0) is 11.4. The maximum Gasteiger partial charge on any atom is 0.226 e. The van der Waals surface area contributed by atoms with Crippen LogP contribution in [-0.2, 0) is 17.9 Å². The second kappa shape index (κ2) is 4.87. The van der Waals surface area contributed by atoms with Crippen LogP contribution >= 0.6 is 0 Å². The maximum atomic E-state index is 5.05. The molecule has 2 rings (SSSR count). The molecule has 1 heterocycles. The quantitative estimate of drug-likeness (QED) is 0.792. The normalized spacial score (nSPS) is 10.6. The zero-order valence-electron chi connectivity index (χ0n) is 9.01. The molecule has 2 aromatic rings. The van der Waals surface area contributed by atoms with Gasteiger partial charge in [-0.25, -0.2) is 5.90 Å². The summed E-state index contributed by atoms with van der Waals surface area (Å²) < 4.78 is 5.05. The average molecular weight is 219 g/mol. The van der Waals surface area contributed by atoms with E-state index in [0.29, 0.717) is 18.3 Å². The van der Waals surface area contributed by atoms with Crippen LogP contribution in [0.2, 0.25) is 0 Å². The molecule has 0 bridgehead atoms. The van der Waals surface area contributed by atoms with Crippen molar-refractivity contribution in [1.82, 2.24) is 10.1 Å². The highest BCUT2D eigenvalue weighted by molar-refractivity contribution is 5.55. The van der Waals surface area contributed by atoms with Gasteiger partial charge >= 0.3 is 0 Å². The number of rotatable bonds is 4. The molecule has 0 aliphatic heterocycles. The zero-order valence-corrected chi connectivity index (χ0v) is 9.01. The van der Waals surface area contributed by atoms with Crippen LogP contribution in [0.15, 0.2) is 28.8 Å². The molecule has 1 aromatic carbocycles. The molecular formula is C11H13N3O2. The van der Waals surface area contributed by atoms with Crippen molar-refractivity contribution in [3.63, 3.8) is 0 Å². The Hall–Kier alpha value is -1.72. The van der Waals surface area contributed by atoms with Gasteiger partial charge in [0.25, 0.3) is 0 Å². The molecule has 1 aromatic heterocycles. The lowest BCUT2D eigenvalue weighted by Gasteiger charge is -2.00. The number of nitrogens with zero attached hydrogens (tertiary/aromatic N) is 2. The molecule has 5 nitrogen and oxygen atoms in total. The molecule has 0 spiro atoms. The van der Waals surface area contributed by atoms with Crippen LogP contribution < -0.4 is 5.90 Å². The Bertz CT molecular complexity index is 468. The van der Waals surface area contributed by atoms with Gasteiger partial charge in [-0.05, 0) is 11.6 Å². The predicted octanol–water partition coefficient (Wildman–Crippen LogP) is 1.69. The van der Waals surface area contributed by atoms with Crippen LogP contribution in [0.1, 0.15) is 18.4 Å². The van der Waals surface area contributed by atoms with E-state index < -0.39 is 0 Å². The third kappa shape index (κ3) is 2.26. The third-order valence-corrected chi connectivity index (χ3v) is 2.21. The summed E-state index contributed by atoms with van der Waals surface area (Å²) in [6.45, 7) is 2.34. The van der Waals surface area contributed by atoms with Crippen LogP contribution in [0.4, 0.5) is 0 Å². The van der Waals surface area contributed by atoms with E-state index in [2.05, 4.69) is 15.0 Å². The van der Waals surface area contributed by atoms with Crippen LogP contribution in [0, 0.1) is 0 Å². The van der Waals surface area contributed by atoms with Crippen LogP contribution in [0.3, 0.4) is 0 Å². The maximum absolute atomic E-state index is 5.05. The number of nitrogens with two attached hydrogens (primary N) is 1. The van der Waals surface area contributed by atoms with Crippen molar-refractivity contribution >= 4 is 0 Å². The van der Waals surface area contributed by atoms with Crippen LogP contribution in [0.25, 0.3) is 11.4 Å². The minimum atomic E-state index is 0.367. The summed E-state index contributed by atoms with van der Waals surface area (Å²) in [5.41, 5.74) is 1.88. The fraction of sp³-hybridized carbons (Fsp3) is 0.273. The Morgan fingerprint density at radius 2 is 2.31 bits per heavy atom. The Labute approximate surface area is 93.2 Å². The van der Waals surface area contributed by atoms with Gasteiger partial charge < -0.3 is 4.52 Å². The summed E-state index contributed by atoms with van der Waals surface area (Å²) in [5, 5.41) is 3.90. The van der Waals surface area contributed by atoms with Gasteiger partial charge in [0.15, 0.2) is 0 Å². The number of hydrogen-bond acceptors (Lipinski definition) is 5. The van der Waals surface area contributed by atoms with Crippen molar-refractivity contribution in [2.75, 3.05) is 0 Å². The Morgan fingerprint density at radius 1 is 1.44 bits per heavy atom. The van der Waals surface area contributed by atoms with Crippen LogP contribution in [-0.4, -0.2) is 10.1 Å². The smallest absolute Gasteiger partial charge is 0.226 e. The molecule has 0 radical (unpaired) electrons. The van der Waals surface area contributed by atoms with E-state index in [4.69, 9.17) is 10.4 Å². The van der Waals surface area contributed by atoms with Gasteiger partial charge in [-0.2, -0.15) is 4.98 Å². The monoisotopic (exact) mass is 219 g/mol. The summed E-state index contributed by atoms with van der Waals surface area (Å²) in [5.74, 6) is 6.25. The Kier molecular flexibility index (Phi) is 3.28. The predicted molar refractivity (Wildman–Crippen MR) is 58.1 cm³/mol. The number of benzene rings is 1. The minimum absolute atomic E-state index is 0.367. The molecule has 0 unspecified atom stereocenters. The molecule has 0 amide bonds. The fourth-order valence-electron chi connectivity index (χ4n) is 1.41. The van der Waals surface area contributed by atoms with Gasteiger partial charge in [0.2, 0.25) is 11.7 Å². The van der Waals surface area contributed by atoms with E-state index in [0.717, 1.165) is 17.5 Å². The molecular weight excluding hydrogens is 206 g/mol. The SMILES string of the molecule is CCc1nc(-c2cccc(CON)c2)no1. The van der Waals surface area contributed by atoms with E-state index in [1.165, 1.54) is 0 Å². The highest BCUT2D eigenvalue weighted by Gasteiger charge is 2.07. The van der Waals surface area contributed by atoms with Crippen LogP contribution in [0.5, 0.6) is 0 Å². The molecule has 0 aliphatic carbocycles. The molecule has 16 heavy (non-hydrogen) atoms. The molecule has 0 fully saturated rings. The minimum Gasteiger partial charge on any atom is -0.339 e. The highest BCUT2D eigenvalue weighted by atomic mass is 16.6. The Morgan fingerprint density at radius 3 is 3.00 bits per heavy atom. The lowest BCUT2D eigenvalue weighted by atomic mass is 10.1. The lowest BCUT2D eigenvalue weighted by Crippen LogP contribution is -1.98. The molecule has 0 saturated carbocycles. The average Bonchev–Trinajstić information content (AvgIpc) is 2.78. The van der Waals surface area contributed by atoms with Crippen molar-refractivity contribution in [2.45, 2.75) is 20.0 Å². The van der Waals surface area contributed by atoms with Crippen molar-refractivity contribution in [2.24, 2.45) is 5.90 Å². The Balaban J connectivity index is 2.28. The molecule has 5 heteroatoms. The van der Waals surface area contributed by atoms with Gasteiger partial charge in [-0.15, -0.1) is 0 Å². The summed E-state index contributed by atoms with van der Waals surface area (Å²) in [4.78, 5) is 8.83. The molecule has 2 N–H and O–H groups in total. The van der Waals surface area contributed by atoms with Crippen molar-refractivity contribution in [1.29, 1.82) is 0 Å². The second-order valence-electron chi connectivity index (χ2n) is 3.38. The topological polar surface area (TPSA) is 74.2 Å². The highest BCUT2D eigenvalue weighted by Crippen LogP contribution is 2.17. The van der Waals surface area contributed by atoms with Gasteiger partial charge in [0, 0.05) is 12.0 Å². The fourth-order valence-corrected chi connectivity index (χ4v) is 1.41. The molecule has 84 valence electrons. The summed E-state index contributed by atoms with van der Waals surface area (Å²) >= 11 is 0. The first-order valence-corrected chi connectivity index (χ1v) is 5.07. The van der Waals surface area contributed by atoms with E-state index in [-0.39, 0.29) is 0 Å². The second-order valence-corrected chi connectivity index (χ2v) is 3.38. The number of aryl methyl sites for hydroxylation is 1. The first-order chi connectivity index (χ1) is 7.83. The first-order valence-electron chi connectivity index (χ1n) is 5.07. The van der Waals surface area contributed by atoms with Gasteiger partial charge in [-0.3, -0.25) is 4.84 Å². The first kappa shape index (κ1) is 10.8. The summed E-state index contributed by atoms with van der Waals surface area (Å²) in [6, 6.07) is 7.68. The van der Waals surface area contributed by atoms with Crippen molar-refractivity contribution in [3.8, 4) is 11.4 Å². The van der Waals surface area contributed by atoms with Gasteiger partial charge in [0.1, 0.15) is 0 Å². The molecule has 0 saturated heterocycles. The van der Waals surface area contributed by atoms with Gasteiger partial charge in [0.05, 0.1) is 6.61 Å². The van der Waals surface area contributed by atoms with E-state index in [9.17, 15) is 0 Å². The lowest BCUT2D eigenvalue weighted by molar-refractivity contribution is 0.124. The number of hydrogen-bond donors (Lipinski definition) is 1. The largest absolute Gasteiger partial charge is 0.339 e. The number of aromatic nitrogens is 2. The standard InChI is InChI=1S/C11H13N3O2/c1-2-10-13-11(14-16-10)9-5-3-4-8(6-9)7-15-12/h3-6H,2,7,12H2,1H3. The third-order valence-electron chi connectivity index (χ3n) is 2.21. The van der Waals surface area contributed by atoms with Crippen molar-refractivity contribution in [3.05, 3.63) is 35.7 Å². The van der Waals surface area contributed by atoms with E-state index in [1.54, 1.807) is 0 Å².